The van der Waals surface area contributed by atoms with Crippen LogP contribution in [0.2, 0.25) is 5.02 Å². The van der Waals surface area contributed by atoms with Gasteiger partial charge in [0.05, 0.1) is 6.61 Å². The van der Waals surface area contributed by atoms with Crippen LogP contribution in [0.4, 0.5) is 5.69 Å². The molecular formula is C18H19ClN2O2S. The molecule has 0 atom stereocenters. The van der Waals surface area contributed by atoms with Gasteiger partial charge in [-0.05, 0) is 49.0 Å². The molecule has 0 radical (unpaired) electrons. The van der Waals surface area contributed by atoms with Gasteiger partial charge in [0.15, 0.2) is 5.11 Å². The number of anilines is 1. The number of hydrogen-bond donors (Lipinski definition) is 2. The third-order valence-electron chi connectivity index (χ3n) is 3.17. The highest BCUT2D eigenvalue weighted by Gasteiger charge is 2.08. The number of halogens is 1. The zero-order valence-corrected chi connectivity index (χ0v) is 14.9. The Morgan fingerprint density at radius 2 is 2.00 bits per heavy atom. The monoisotopic (exact) mass is 362 g/mol. The summed E-state index contributed by atoms with van der Waals surface area (Å²) < 4.78 is 5.65. The molecule has 0 fully saturated rings. The molecule has 2 N–H and O–H groups in total. The van der Waals surface area contributed by atoms with Gasteiger partial charge in [0.1, 0.15) is 5.75 Å². The molecule has 0 aromatic heterocycles. The molecule has 2 rings (SSSR count). The van der Waals surface area contributed by atoms with Crippen LogP contribution in [0.25, 0.3) is 0 Å². The van der Waals surface area contributed by atoms with Crippen molar-refractivity contribution in [3.8, 4) is 5.75 Å². The number of amides is 1. The second kappa shape index (κ2) is 9.25. The zero-order chi connectivity index (χ0) is 17.4. The molecule has 0 saturated heterocycles. The Bertz CT molecular complexity index is 722. The van der Waals surface area contributed by atoms with Crippen molar-refractivity contribution in [1.82, 2.24) is 5.32 Å². The summed E-state index contributed by atoms with van der Waals surface area (Å²) in [4.78, 5) is 12.1. The Hall–Kier alpha value is -2.11. The van der Waals surface area contributed by atoms with Crippen LogP contribution in [0.1, 0.15) is 30.1 Å². The number of nitrogens with one attached hydrogen (secondary N) is 2. The minimum absolute atomic E-state index is 0.214. The van der Waals surface area contributed by atoms with Gasteiger partial charge in [-0.15, -0.1) is 0 Å². The molecule has 126 valence electrons. The van der Waals surface area contributed by atoms with Gasteiger partial charge < -0.3 is 10.1 Å². The van der Waals surface area contributed by atoms with Crippen LogP contribution in [0.5, 0.6) is 5.75 Å². The van der Waals surface area contributed by atoms with Crippen molar-refractivity contribution in [1.29, 1.82) is 0 Å². The normalized spacial score (nSPS) is 10.1. The summed E-state index contributed by atoms with van der Waals surface area (Å²) in [6.07, 6.45) is 2.09. The lowest BCUT2D eigenvalue weighted by Crippen LogP contribution is -2.34. The van der Waals surface area contributed by atoms with E-state index < -0.39 is 0 Å². The van der Waals surface area contributed by atoms with Crippen LogP contribution in [-0.2, 0) is 0 Å². The highest BCUT2D eigenvalue weighted by Crippen LogP contribution is 2.17. The highest BCUT2D eigenvalue weighted by atomic mass is 35.5. The second-order valence-corrected chi connectivity index (χ2v) is 5.99. The largest absolute Gasteiger partial charge is 0.494 e. The molecule has 24 heavy (non-hydrogen) atoms. The average molecular weight is 363 g/mol. The van der Waals surface area contributed by atoms with E-state index in [1.165, 1.54) is 0 Å². The fraction of sp³-hybridized carbons (Fsp3) is 0.222. The number of thiocarbonyl (C=S) groups is 1. The first-order valence-corrected chi connectivity index (χ1v) is 8.48. The minimum atomic E-state index is -0.314. The fourth-order valence-electron chi connectivity index (χ4n) is 1.97. The van der Waals surface area contributed by atoms with Crippen molar-refractivity contribution in [3.05, 3.63) is 59.1 Å². The van der Waals surface area contributed by atoms with E-state index in [9.17, 15) is 4.79 Å². The molecule has 2 aromatic carbocycles. The van der Waals surface area contributed by atoms with E-state index >= 15 is 0 Å². The van der Waals surface area contributed by atoms with Crippen LogP contribution in [0.15, 0.2) is 48.5 Å². The summed E-state index contributed by atoms with van der Waals surface area (Å²) in [5, 5.41) is 6.31. The number of ether oxygens (including phenoxy) is 1. The predicted octanol–water partition coefficient (Wildman–Crippen LogP) is 4.65. The summed E-state index contributed by atoms with van der Waals surface area (Å²) in [7, 11) is 0. The summed E-state index contributed by atoms with van der Waals surface area (Å²) in [6, 6.07) is 14.1. The standard InChI is InChI=1S/C18H19ClN2O2S/c1-2-3-10-23-16-9-5-8-15(12-16)20-18(24)21-17(22)13-6-4-7-14(19)11-13/h4-9,11-12H,2-3,10H2,1H3,(H2,20,21,22,24). The number of carbonyl (C=O) groups is 1. The zero-order valence-electron chi connectivity index (χ0n) is 13.3. The topological polar surface area (TPSA) is 50.4 Å². The first-order chi connectivity index (χ1) is 11.6. The Kier molecular flexibility index (Phi) is 7.03. The van der Waals surface area contributed by atoms with Crippen molar-refractivity contribution in [2.75, 3.05) is 11.9 Å². The molecule has 0 bridgehead atoms. The van der Waals surface area contributed by atoms with Crippen molar-refractivity contribution < 1.29 is 9.53 Å². The molecule has 1 amide bonds. The van der Waals surface area contributed by atoms with Gasteiger partial charge in [0, 0.05) is 22.3 Å². The minimum Gasteiger partial charge on any atom is -0.494 e. The van der Waals surface area contributed by atoms with Gasteiger partial charge in [-0.2, -0.15) is 0 Å². The van der Waals surface area contributed by atoms with E-state index in [0.29, 0.717) is 17.2 Å². The Balaban J connectivity index is 1.92. The van der Waals surface area contributed by atoms with Crippen molar-refractivity contribution in [3.63, 3.8) is 0 Å². The highest BCUT2D eigenvalue weighted by molar-refractivity contribution is 7.80. The number of carbonyl (C=O) groups excluding carboxylic acids is 1. The van der Waals surface area contributed by atoms with Gasteiger partial charge in [-0.3, -0.25) is 10.1 Å². The molecule has 4 nitrogen and oxygen atoms in total. The van der Waals surface area contributed by atoms with E-state index in [1.54, 1.807) is 24.3 Å². The first kappa shape index (κ1) is 18.2. The molecule has 0 saturated carbocycles. The van der Waals surface area contributed by atoms with Crippen LogP contribution in [0.3, 0.4) is 0 Å². The maximum Gasteiger partial charge on any atom is 0.257 e. The molecule has 0 heterocycles. The molecule has 6 heteroatoms. The predicted molar refractivity (Wildman–Crippen MR) is 102 cm³/mol. The smallest absolute Gasteiger partial charge is 0.257 e. The number of rotatable bonds is 6. The SMILES string of the molecule is CCCCOc1cccc(NC(=S)NC(=O)c2cccc(Cl)c2)c1. The summed E-state index contributed by atoms with van der Waals surface area (Å²) >= 11 is 11.1. The summed E-state index contributed by atoms with van der Waals surface area (Å²) in [6.45, 7) is 2.79. The van der Waals surface area contributed by atoms with Gasteiger partial charge in [-0.1, -0.05) is 37.1 Å². The number of hydrogen-bond acceptors (Lipinski definition) is 3. The lowest BCUT2D eigenvalue weighted by Gasteiger charge is -2.11. The van der Waals surface area contributed by atoms with Gasteiger partial charge in [-0.25, -0.2) is 0 Å². The average Bonchev–Trinajstić information content (AvgIpc) is 2.55. The van der Waals surface area contributed by atoms with E-state index in [4.69, 9.17) is 28.6 Å². The van der Waals surface area contributed by atoms with Crippen LogP contribution < -0.4 is 15.4 Å². The quantitative estimate of drug-likeness (QED) is 0.580. The van der Waals surface area contributed by atoms with Crippen molar-refractivity contribution in [2.24, 2.45) is 0 Å². The van der Waals surface area contributed by atoms with Gasteiger partial charge >= 0.3 is 0 Å². The molecule has 0 spiro atoms. The third kappa shape index (κ3) is 5.83. The van der Waals surface area contributed by atoms with Gasteiger partial charge in [0.25, 0.3) is 5.91 Å². The second-order valence-electron chi connectivity index (χ2n) is 5.15. The molecule has 0 aliphatic heterocycles. The van der Waals surface area contributed by atoms with Gasteiger partial charge in [0.2, 0.25) is 0 Å². The lowest BCUT2D eigenvalue weighted by molar-refractivity contribution is 0.0977. The summed E-state index contributed by atoms with van der Waals surface area (Å²) in [5.74, 6) is 0.447. The maximum atomic E-state index is 12.1. The van der Waals surface area contributed by atoms with E-state index in [1.807, 2.05) is 24.3 Å². The van der Waals surface area contributed by atoms with Crippen molar-refractivity contribution in [2.45, 2.75) is 19.8 Å². The molecular weight excluding hydrogens is 344 g/mol. The maximum absolute atomic E-state index is 12.1. The third-order valence-corrected chi connectivity index (χ3v) is 3.61. The summed E-state index contributed by atoms with van der Waals surface area (Å²) in [5.41, 5.74) is 1.20. The lowest BCUT2D eigenvalue weighted by atomic mass is 10.2. The van der Waals surface area contributed by atoms with Crippen LogP contribution in [-0.4, -0.2) is 17.6 Å². The molecule has 0 aliphatic carbocycles. The number of unbranched alkanes of at least 4 members (excludes halogenated alkanes) is 1. The Morgan fingerprint density at radius 1 is 1.21 bits per heavy atom. The van der Waals surface area contributed by atoms with E-state index in [-0.39, 0.29) is 11.0 Å². The molecule has 2 aromatic rings. The van der Waals surface area contributed by atoms with E-state index in [2.05, 4.69) is 17.6 Å². The molecule has 0 aliphatic rings. The fourth-order valence-corrected chi connectivity index (χ4v) is 2.37. The number of benzene rings is 2. The Labute approximate surface area is 152 Å². The first-order valence-electron chi connectivity index (χ1n) is 7.69. The van der Waals surface area contributed by atoms with Crippen LogP contribution in [0, 0.1) is 0 Å². The molecule has 0 unspecified atom stereocenters. The van der Waals surface area contributed by atoms with Crippen molar-refractivity contribution >= 4 is 40.5 Å². The van der Waals surface area contributed by atoms with E-state index in [0.717, 1.165) is 24.3 Å². The Morgan fingerprint density at radius 3 is 2.75 bits per heavy atom. The van der Waals surface area contributed by atoms with Crippen LogP contribution >= 0.6 is 23.8 Å².